The Balaban J connectivity index is 2.11. The van der Waals surface area contributed by atoms with Gasteiger partial charge in [-0.1, -0.05) is 32.4 Å². The van der Waals surface area contributed by atoms with Crippen molar-refractivity contribution < 1.29 is 23.4 Å². The molecule has 5 atom stereocenters. The van der Waals surface area contributed by atoms with Crippen LogP contribution in [0.25, 0.3) is 0 Å². The van der Waals surface area contributed by atoms with E-state index in [1.807, 2.05) is 0 Å². The molecule has 2 aliphatic heterocycles. The fourth-order valence-corrected chi connectivity index (χ4v) is 7.27. The topological polar surface area (TPSA) is 54.0 Å². The van der Waals surface area contributed by atoms with Gasteiger partial charge in [0.15, 0.2) is 8.32 Å². The summed E-state index contributed by atoms with van der Waals surface area (Å²) in [5.41, 5.74) is 2.07. The zero-order valence-electron chi connectivity index (χ0n) is 23.2. The fourth-order valence-electron chi connectivity index (χ4n) is 5.91. The number of rotatable bonds is 6. The molecule has 0 N–H and O–H groups in total. The van der Waals surface area contributed by atoms with Crippen LogP contribution in [0.1, 0.15) is 87.5 Å². The normalized spacial score (nSPS) is 32.2. The fraction of sp³-hybridized carbons (Fsp3) is 0.821. The number of fused-ring (bicyclic) bond motifs is 5. The average molecular weight is 493 g/mol. The maximum Gasteiger partial charge on any atom is 0.303 e. The summed E-state index contributed by atoms with van der Waals surface area (Å²) in [6.45, 7) is 22.1. The van der Waals surface area contributed by atoms with Crippen LogP contribution >= 0.6 is 0 Å². The van der Waals surface area contributed by atoms with Crippen LogP contribution in [0.4, 0.5) is 0 Å². The molecule has 194 valence electrons. The zero-order valence-corrected chi connectivity index (χ0v) is 24.2. The molecule has 5 nitrogen and oxygen atoms in total. The molecular weight excluding hydrogens is 444 g/mol. The predicted molar refractivity (Wildman–Crippen MR) is 139 cm³/mol. The van der Waals surface area contributed by atoms with E-state index < -0.39 is 13.9 Å². The molecule has 0 aromatic rings. The van der Waals surface area contributed by atoms with Crippen LogP contribution in [0.3, 0.4) is 0 Å². The first-order chi connectivity index (χ1) is 15.7. The van der Waals surface area contributed by atoms with Gasteiger partial charge in [-0.2, -0.15) is 0 Å². The minimum absolute atomic E-state index is 0.00430. The number of esters is 1. The quantitative estimate of drug-likeness (QED) is 0.228. The maximum absolute atomic E-state index is 12.0. The lowest BCUT2D eigenvalue weighted by Crippen LogP contribution is -2.51. The number of carbonyl (C=O) groups excluding carboxylic acids is 1. The molecule has 0 unspecified atom stereocenters. The second-order valence-corrected chi connectivity index (χ2v) is 17.3. The van der Waals surface area contributed by atoms with Gasteiger partial charge in [0.1, 0.15) is 5.60 Å². The van der Waals surface area contributed by atoms with Crippen LogP contribution in [0.15, 0.2) is 23.0 Å². The summed E-state index contributed by atoms with van der Waals surface area (Å²) >= 11 is 0. The first kappa shape index (κ1) is 27.5. The van der Waals surface area contributed by atoms with Crippen LogP contribution in [-0.2, 0) is 23.4 Å². The highest BCUT2D eigenvalue weighted by atomic mass is 28.4. The van der Waals surface area contributed by atoms with Crippen molar-refractivity contribution in [3.8, 4) is 0 Å². The first-order valence-electron chi connectivity index (χ1n) is 13.2. The maximum atomic E-state index is 12.0. The lowest BCUT2D eigenvalue weighted by atomic mass is 9.66. The molecule has 0 saturated carbocycles. The Bertz CT molecular complexity index is 819. The van der Waals surface area contributed by atoms with E-state index >= 15 is 0 Å². The molecule has 0 aromatic carbocycles. The van der Waals surface area contributed by atoms with Crippen molar-refractivity contribution in [3.63, 3.8) is 0 Å². The molecule has 2 bridgehead atoms. The standard InChI is InChI=1S/C28H48O5Si/c1-11-30-21-16-15-20(28(7,8)32-19(3)29)24-25(21)23-17-18(2)13-12-14-22(26(24)31-23)33-34(9,10)27(4,5)6/h13,20,22-24,26H,11-12,14-17H2,1-10H3/b18-13+/t20-,22-,23+,24+,26-/m0/s1. The second kappa shape index (κ2) is 10.1. The molecule has 0 amide bonds. The van der Waals surface area contributed by atoms with Crippen LogP contribution in [0.5, 0.6) is 0 Å². The van der Waals surface area contributed by atoms with Crippen LogP contribution in [-0.4, -0.2) is 44.8 Å². The highest BCUT2D eigenvalue weighted by Gasteiger charge is 2.56. The summed E-state index contributed by atoms with van der Waals surface area (Å²) in [5, 5.41) is 0.118. The molecule has 3 aliphatic rings. The number of ether oxygens (including phenoxy) is 3. The Hall–Kier alpha value is -1.11. The third-order valence-electron chi connectivity index (χ3n) is 8.51. The monoisotopic (exact) mass is 492 g/mol. The van der Waals surface area contributed by atoms with Gasteiger partial charge in [0.05, 0.1) is 30.7 Å². The van der Waals surface area contributed by atoms with Crippen LogP contribution in [0.2, 0.25) is 18.1 Å². The lowest BCUT2D eigenvalue weighted by molar-refractivity contribution is -0.164. The molecule has 1 aliphatic carbocycles. The van der Waals surface area contributed by atoms with E-state index in [2.05, 4.69) is 67.6 Å². The Kier molecular flexibility index (Phi) is 8.16. The molecule has 1 saturated heterocycles. The van der Waals surface area contributed by atoms with Gasteiger partial charge in [0, 0.05) is 30.8 Å². The lowest BCUT2D eigenvalue weighted by Gasteiger charge is -2.46. The van der Waals surface area contributed by atoms with Crippen molar-refractivity contribution in [3.05, 3.63) is 23.0 Å². The summed E-state index contributed by atoms with van der Waals surface area (Å²) in [5.74, 6) is 1.14. The largest absolute Gasteiger partial charge is 0.498 e. The second-order valence-electron chi connectivity index (χ2n) is 12.5. The molecule has 34 heavy (non-hydrogen) atoms. The van der Waals surface area contributed by atoms with Crippen LogP contribution < -0.4 is 0 Å². The Morgan fingerprint density at radius 3 is 2.44 bits per heavy atom. The van der Waals surface area contributed by atoms with Crippen molar-refractivity contribution in [2.45, 2.75) is 130 Å². The highest BCUT2D eigenvalue weighted by molar-refractivity contribution is 6.74. The molecule has 2 heterocycles. The minimum atomic E-state index is -2.02. The van der Waals surface area contributed by atoms with E-state index in [4.69, 9.17) is 18.6 Å². The molecule has 6 heteroatoms. The van der Waals surface area contributed by atoms with E-state index in [-0.39, 0.29) is 41.2 Å². The van der Waals surface area contributed by atoms with Gasteiger partial charge < -0.3 is 18.6 Å². The molecule has 1 fully saturated rings. The van der Waals surface area contributed by atoms with Gasteiger partial charge in [-0.15, -0.1) is 0 Å². The van der Waals surface area contributed by atoms with Crippen LogP contribution in [0, 0.1) is 11.8 Å². The van der Waals surface area contributed by atoms with Gasteiger partial charge in [-0.25, -0.2) is 0 Å². The third kappa shape index (κ3) is 5.65. The summed E-state index contributed by atoms with van der Waals surface area (Å²) in [4.78, 5) is 12.0. The van der Waals surface area contributed by atoms with E-state index in [9.17, 15) is 4.79 Å². The van der Waals surface area contributed by atoms with Crippen molar-refractivity contribution in [1.29, 1.82) is 0 Å². The van der Waals surface area contributed by atoms with E-state index in [0.29, 0.717) is 6.61 Å². The molecule has 3 rings (SSSR count). The average Bonchev–Trinajstić information content (AvgIpc) is 3.07. The van der Waals surface area contributed by atoms with Gasteiger partial charge in [-0.05, 0) is 71.5 Å². The Morgan fingerprint density at radius 1 is 1.18 bits per heavy atom. The number of hydrogen-bond donors (Lipinski definition) is 0. The van der Waals surface area contributed by atoms with Crippen molar-refractivity contribution in [1.82, 2.24) is 0 Å². The molecule has 0 aromatic heterocycles. The van der Waals surface area contributed by atoms with Gasteiger partial charge >= 0.3 is 5.97 Å². The summed E-state index contributed by atoms with van der Waals surface area (Å²) in [6.07, 6.45) is 6.89. The molecule has 0 radical (unpaired) electrons. The number of allylic oxidation sites excluding steroid dienone is 2. The first-order valence-corrected chi connectivity index (χ1v) is 16.1. The van der Waals surface area contributed by atoms with E-state index in [1.165, 1.54) is 18.1 Å². The van der Waals surface area contributed by atoms with Crippen molar-refractivity contribution in [2.24, 2.45) is 11.8 Å². The Labute approximate surface area is 208 Å². The van der Waals surface area contributed by atoms with Crippen molar-refractivity contribution >= 4 is 14.3 Å². The predicted octanol–water partition coefficient (Wildman–Crippen LogP) is 6.93. The van der Waals surface area contributed by atoms with Gasteiger partial charge in [0.25, 0.3) is 0 Å². The van der Waals surface area contributed by atoms with E-state index in [1.54, 1.807) is 0 Å². The van der Waals surface area contributed by atoms with Gasteiger partial charge in [0.2, 0.25) is 0 Å². The SMILES string of the molecule is CCOC1=C2[C@H]([C@H]3O[C@@H]2C/C(C)=C/CC[C@@H]3O[Si](C)(C)C(C)(C)C)[C@@H](C(C)(C)OC(C)=O)CC1. The molecular formula is C28H48O5Si. The van der Waals surface area contributed by atoms with Crippen molar-refractivity contribution in [2.75, 3.05) is 6.61 Å². The molecule has 0 spiro atoms. The summed E-state index contributed by atoms with van der Waals surface area (Å²) in [7, 11) is -2.02. The zero-order chi connectivity index (χ0) is 25.5. The summed E-state index contributed by atoms with van der Waals surface area (Å²) in [6, 6.07) is 0. The van der Waals surface area contributed by atoms with Gasteiger partial charge in [-0.3, -0.25) is 4.79 Å². The number of carbonyl (C=O) groups is 1. The van der Waals surface area contributed by atoms with E-state index in [0.717, 1.165) is 37.9 Å². The third-order valence-corrected chi connectivity index (χ3v) is 13.0. The smallest absolute Gasteiger partial charge is 0.303 e. The minimum Gasteiger partial charge on any atom is -0.498 e. The Morgan fingerprint density at radius 2 is 1.85 bits per heavy atom. The summed E-state index contributed by atoms with van der Waals surface area (Å²) < 4.78 is 26.2. The number of hydrogen-bond acceptors (Lipinski definition) is 5. The highest BCUT2D eigenvalue weighted by Crippen LogP contribution is 2.53.